The Bertz CT molecular complexity index is 1150. The second-order valence-corrected chi connectivity index (χ2v) is 8.92. The zero-order valence-electron chi connectivity index (χ0n) is 18.0. The molecule has 3 aromatic rings. The van der Waals surface area contributed by atoms with Crippen LogP contribution in [-0.4, -0.2) is 22.0 Å². The summed E-state index contributed by atoms with van der Waals surface area (Å²) in [6, 6.07) is 16.4. The molecule has 32 heavy (non-hydrogen) atoms. The van der Waals surface area contributed by atoms with Crippen molar-refractivity contribution in [1.29, 1.82) is 0 Å². The van der Waals surface area contributed by atoms with Gasteiger partial charge >= 0.3 is 0 Å². The van der Waals surface area contributed by atoms with Crippen LogP contribution < -0.4 is 10.9 Å². The molecule has 0 atom stereocenters. The van der Waals surface area contributed by atoms with E-state index in [9.17, 15) is 19.2 Å². The summed E-state index contributed by atoms with van der Waals surface area (Å²) in [5, 5.41) is 2.81. The predicted octanol–water partition coefficient (Wildman–Crippen LogP) is 3.90. The molecule has 166 valence electrons. The molecule has 6 nitrogen and oxygen atoms in total. The van der Waals surface area contributed by atoms with Gasteiger partial charge in [-0.15, -0.1) is 11.3 Å². The van der Waals surface area contributed by atoms with Crippen LogP contribution in [0.4, 0.5) is 0 Å². The molecule has 0 unspecified atom stereocenters. The first-order chi connectivity index (χ1) is 15.4. The van der Waals surface area contributed by atoms with Crippen LogP contribution in [0.25, 0.3) is 0 Å². The Morgan fingerprint density at radius 1 is 0.875 bits per heavy atom. The van der Waals surface area contributed by atoms with Gasteiger partial charge in [0.25, 0.3) is 5.56 Å². The minimum absolute atomic E-state index is 0.0264. The quantitative estimate of drug-likeness (QED) is 0.449. The van der Waals surface area contributed by atoms with E-state index in [-0.39, 0.29) is 48.7 Å². The van der Waals surface area contributed by atoms with Crippen molar-refractivity contribution >= 4 is 28.8 Å². The standard InChI is InChI=1S/C25H26N2O4S/c1-18-5-13-23(32-18)22(29)12-10-21(28)11-14-24(30)26-16-19-6-8-20(9-7-19)17-27-15-3-2-4-25(27)31/h2-9,13,15H,10-12,14,16-17H2,1H3,(H,26,30). The summed E-state index contributed by atoms with van der Waals surface area (Å²) in [6.07, 6.45) is 2.33. The number of hydrogen-bond donors (Lipinski definition) is 1. The minimum atomic E-state index is -0.196. The number of thiophene rings is 1. The third-order valence-corrected chi connectivity index (χ3v) is 6.08. The highest BCUT2D eigenvalue weighted by Gasteiger charge is 2.12. The summed E-state index contributed by atoms with van der Waals surface area (Å²) < 4.78 is 1.63. The molecule has 1 amide bonds. The number of nitrogens with one attached hydrogen (secondary N) is 1. The Balaban J connectivity index is 1.36. The van der Waals surface area contributed by atoms with E-state index in [1.54, 1.807) is 22.9 Å². The van der Waals surface area contributed by atoms with Crippen LogP contribution in [0.1, 0.15) is 51.4 Å². The molecule has 0 aliphatic carbocycles. The van der Waals surface area contributed by atoms with E-state index in [1.165, 1.54) is 17.4 Å². The normalized spacial score (nSPS) is 10.7. The summed E-state index contributed by atoms with van der Waals surface area (Å²) in [5.41, 5.74) is 1.88. The van der Waals surface area contributed by atoms with E-state index in [2.05, 4.69) is 5.32 Å². The lowest BCUT2D eigenvalue weighted by Gasteiger charge is -2.08. The average Bonchev–Trinajstić information content (AvgIpc) is 3.23. The molecule has 0 aliphatic heterocycles. The Kier molecular flexibility index (Phi) is 8.27. The first kappa shape index (κ1) is 23.3. The number of pyridine rings is 1. The average molecular weight is 451 g/mol. The lowest BCUT2D eigenvalue weighted by molar-refractivity contribution is -0.125. The number of Topliss-reactive ketones (excluding diaryl/α,β-unsaturated/α-hetero) is 2. The van der Waals surface area contributed by atoms with Gasteiger partial charge in [-0.3, -0.25) is 19.2 Å². The second-order valence-electron chi connectivity index (χ2n) is 7.63. The molecule has 1 aromatic carbocycles. The zero-order valence-corrected chi connectivity index (χ0v) is 18.8. The van der Waals surface area contributed by atoms with Gasteiger partial charge < -0.3 is 9.88 Å². The van der Waals surface area contributed by atoms with Crippen LogP contribution in [0.3, 0.4) is 0 Å². The Morgan fingerprint density at radius 3 is 2.28 bits per heavy atom. The molecular weight excluding hydrogens is 424 g/mol. The van der Waals surface area contributed by atoms with Gasteiger partial charge in [0.05, 0.1) is 11.4 Å². The molecule has 2 heterocycles. The zero-order chi connectivity index (χ0) is 22.9. The number of rotatable bonds is 11. The molecule has 0 spiro atoms. The maximum atomic E-state index is 12.1. The van der Waals surface area contributed by atoms with Crippen molar-refractivity contribution in [2.24, 2.45) is 0 Å². The van der Waals surface area contributed by atoms with E-state index in [4.69, 9.17) is 0 Å². The van der Waals surface area contributed by atoms with E-state index in [0.717, 1.165) is 16.0 Å². The number of aryl methyl sites for hydroxylation is 1. The lowest BCUT2D eigenvalue weighted by Crippen LogP contribution is -2.23. The molecule has 0 aliphatic rings. The fourth-order valence-electron chi connectivity index (χ4n) is 3.18. The molecule has 1 N–H and O–H groups in total. The number of carbonyl (C=O) groups is 3. The highest BCUT2D eigenvalue weighted by Crippen LogP contribution is 2.17. The second kappa shape index (κ2) is 11.3. The third-order valence-electron chi connectivity index (χ3n) is 5.04. The monoisotopic (exact) mass is 450 g/mol. The van der Waals surface area contributed by atoms with Crippen molar-refractivity contribution in [3.8, 4) is 0 Å². The molecule has 0 fully saturated rings. The summed E-state index contributed by atoms with van der Waals surface area (Å²) in [6.45, 7) is 2.80. The van der Waals surface area contributed by atoms with Gasteiger partial charge in [-0.2, -0.15) is 0 Å². The SMILES string of the molecule is Cc1ccc(C(=O)CCC(=O)CCC(=O)NCc2ccc(Cn3ccccc3=O)cc2)s1. The van der Waals surface area contributed by atoms with Gasteiger partial charge in [-0.25, -0.2) is 0 Å². The van der Waals surface area contributed by atoms with Crippen LogP contribution in [0.15, 0.2) is 65.6 Å². The largest absolute Gasteiger partial charge is 0.352 e. The predicted molar refractivity (Wildman–Crippen MR) is 125 cm³/mol. The summed E-state index contributed by atoms with van der Waals surface area (Å²) in [7, 11) is 0. The van der Waals surface area contributed by atoms with Gasteiger partial charge in [-0.05, 0) is 36.2 Å². The minimum Gasteiger partial charge on any atom is -0.352 e. The smallest absolute Gasteiger partial charge is 0.250 e. The maximum Gasteiger partial charge on any atom is 0.250 e. The Labute approximate surface area is 190 Å². The number of hydrogen-bond acceptors (Lipinski definition) is 5. The van der Waals surface area contributed by atoms with Crippen LogP contribution >= 0.6 is 11.3 Å². The molecular formula is C25H26N2O4S. The highest BCUT2D eigenvalue weighted by molar-refractivity contribution is 7.14. The fourth-order valence-corrected chi connectivity index (χ4v) is 4.01. The molecule has 2 aromatic heterocycles. The number of nitrogens with zero attached hydrogens (tertiary/aromatic N) is 1. The molecule has 7 heteroatoms. The topological polar surface area (TPSA) is 85.2 Å². The van der Waals surface area contributed by atoms with Crippen molar-refractivity contribution < 1.29 is 14.4 Å². The van der Waals surface area contributed by atoms with Crippen molar-refractivity contribution in [1.82, 2.24) is 9.88 Å². The van der Waals surface area contributed by atoms with Crippen LogP contribution in [0.5, 0.6) is 0 Å². The Hall–Kier alpha value is -3.32. The van der Waals surface area contributed by atoms with Gasteiger partial charge in [0.15, 0.2) is 5.78 Å². The van der Waals surface area contributed by atoms with E-state index >= 15 is 0 Å². The van der Waals surface area contributed by atoms with Crippen molar-refractivity contribution in [3.63, 3.8) is 0 Å². The number of amides is 1. The van der Waals surface area contributed by atoms with Gasteiger partial charge in [0.2, 0.25) is 5.91 Å². The molecule has 3 rings (SSSR count). The first-order valence-electron chi connectivity index (χ1n) is 10.5. The summed E-state index contributed by atoms with van der Waals surface area (Å²) >= 11 is 1.43. The van der Waals surface area contributed by atoms with Crippen LogP contribution in [0.2, 0.25) is 0 Å². The van der Waals surface area contributed by atoms with Gasteiger partial charge in [0, 0.05) is 49.4 Å². The Morgan fingerprint density at radius 2 is 1.59 bits per heavy atom. The molecule has 0 bridgehead atoms. The maximum absolute atomic E-state index is 12.1. The number of aromatic nitrogens is 1. The van der Waals surface area contributed by atoms with Gasteiger partial charge in [0.1, 0.15) is 5.78 Å². The number of carbonyl (C=O) groups excluding carboxylic acids is 3. The van der Waals surface area contributed by atoms with Gasteiger partial charge in [-0.1, -0.05) is 30.3 Å². The van der Waals surface area contributed by atoms with Crippen molar-refractivity contribution in [2.45, 2.75) is 45.7 Å². The first-order valence-corrected chi connectivity index (χ1v) is 11.3. The van der Waals surface area contributed by atoms with Crippen LogP contribution in [0, 0.1) is 6.92 Å². The number of ketones is 2. The van der Waals surface area contributed by atoms with Crippen molar-refractivity contribution in [2.75, 3.05) is 0 Å². The summed E-state index contributed by atoms with van der Waals surface area (Å²) in [4.78, 5) is 49.7. The van der Waals surface area contributed by atoms with E-state index < -0.39 is 0 Å². The lowest BCUT2D eigenvalue weighted by atomic mass is 10.1. The van der Waals surface area contributed by atoms with Crippen molar-refractivity contribution in [3.05, 3.63) is 92.0 Å². The fraction of sp³-hybridized carbons (Fsp3) is 0.280. The van der Waals surface area contributed by atoms with Crippen LogP contribution in [-0.2, 0) is 22.7 Å². The van der Waals surface area contributed by atoms with E-state index in [1.807, 2.05) is 43.3 Å². The number of benzene rings is 1. The molecule has 0 saturated carbocycles. The molecule has 0 saturated heterocycles. The molecule has 0 radical (unpaired) electrons. The summed E-state index contributed by atoms with van der Waals surface area (Å²) in [5.74, 6) is -0.303. The third kappa shape index (κ3) is 7.13. The van der Waals surface area contributed by atoms with E-state index in [0.29, 0.717) is 18.0 Å². The highest BCUT2D eigenvalue weighted by atomic mass is 32.1.